The van der Waals surface area contributed by atoms with Gasteiger partial charge in [-0.1, -0.05) is 0 Å². The number of nitrogens with one attached hydrogen (secondary N) is 1. The molecular formula is C11H16N2O5. The third kappa shape index (κ3) is 2.17. The molecule has 7 nitrogen and oxygen atoms in total. The summed E-state index contributed by atoms with van der Waals surface area (Å²) < 4.78 is 4.61. The van der Waals surface area contributed by atoms with Crippen LogP contribution < -0.4 is 5.32 Å². The van der Waals surface area contributed by atoms with Crippen LogP contribution in [-0.2, 0) is 24.0 Å². The Kier molecular flexibility index (Phi) is 3.51. The van der Waals surface area contributed by atoms with Crippen LogP contribution in [-0.4, -0.2) is 48.1 Å². The summed E-state index contributed by atoms with van der Waals surface area (Å²) in [5.41, 5.74) is 0. The smallest absolute Gasteiger partial charge is 0.337 e. The van der Waals surface area contributed by atoms with Crippen LogP contribution in [0.4, 0.5) is 0 Å². The van der Waals surface area contributed by atoms with Crippen molar-refractivity contribution in [1.82, 2.24) is 10.4 Å². The largest absolute Gasteiger partial charge is 0.467 e. The van der Waals surface area contributed by atoms with E-state index >= 15 is 0 Å². The molecular weight excluding hydrogens is 240 g/mol. The molecule has 0 unspecified atom stereocenters. The normalized spacial score (nSPS) is 32.3. The molecule has 1 N–H and O–H groups in total. The number of ether oxygens (including phenoxy) is 1. The lowest BCUT2D eigenvalue weighted by molar-refractivity contribution is -0.228. The van der Waals surface area contributed by atoms with Gasteiger partial charge in [0.25, 0.3) is 5.91 Å². The maximum absolute atomic E-state index is 11.9. The zero-order chi connectivity index (χ0) is 13.3. The minimum Gasteiger partial charge on any atom is -0.467 e. The predicted octanol–water partition coefficient (Wildman–Crippen LogP) is -0.641. The Labute approximate surface area is 104 Å². The molecule has 0 aromatic heterocycles. The Balaban J connectivity index is 2.19. The van der Waals surface area contributed by atoms with E-state index in [4.69, 9.17) is 4.84 Å². The SMILES string of the molecule is COC(=O)[C@H]1CCC[C@H]2C(=O)N[C@@H](C)C(=O)N2O1. The van der Waals surface area contributed by atoms with Gasteiger partial charge in [0.15, 0.2) is 6.10 Å². The topological polar surface area (TPSA) is 84.9 Å². The molecule has 2 aliphatic rings. The van der Waals surface area contributed by atoms with E-state index in [1.165, 1.54) is 7.11 Å². The fourth-order valence-electron chi connectivity index (χ4n) is 2.17. The number of nitrogens with zero attached hydrogens (tertiary/aromatic N) is 1. The summed E-state index contributed by atoms with van der Waals surface area (Å²) in [5, 5.41) is 3.63. The molecule has 2 heterocycles. The predicted molar refractivity (Wildman–Crippen MR) is 59.0 cm³/mol. The number of fused-ring (bicyclic) bond motifs is 1. The molecule has 0 aromatic rings. The molecule has 2 rings (SSSR count). The first-order valence-corrected chi connectivity index (χ1v) is 5.92. The Morgan fingerprint density at radius 3 is 2.83 bits per heavy atom. The molecule has 0 saturated carbocycles. The molecule has 2 aliphatic heterocycles. The zero-order valence-electron chi connectivity index (χ0n) is 10.3. The van der Waals surface area contributed by atoms with Gasteiger partial charge in [0, 0.05) is 0 Å². The van der Waals surface area contributed by atoms with Gasteiger partial charge in [0.05, 0.1) is 7.11 Å². The van der Waals surface area contributed by atoms with E-state index in [2.05, 4.69) is 10.1 Å². The monoisotopic (exact) mass is 256 g/mol. The molecule has 3 atom stereocenters. The van der Waals surface area contributed by atoms with Gasteiger partial charge in [0.2, 0.25) is 5.91 Å². The van der Waals surface area contributed by atoms with Gasteiger partial charge in [-0.15, -0.1) is 0 Å². The number of hydroxylamine groups is 2. The lowest BCUT2D eigenvalue weighted by Gasteiger charge is -2.36. The van der Waals surface area contributed by atoms with Gasteiger partial charge in [-0.2, -0.15) is 0 Å². The van der Waals surface area contributed by atoms with E-state index in [-0.39, 0.29) is 11.8 Å². The maximum Gasteiger partial charge on any atom is 0.337 e. The number of esters is 1. The van der Waals surface area contributed by atoms with Gasteiger partial charge in [-0.25, -0.2) is 9.86 Å². The van der Waals surface area contributed by atoms with Crippen molar-refractivity contribution in [3.05, 3.63) is 0 Å². The van der Waals surface area contributed by atoms with E-state index < -0.39 is 24.2 Å². The van der Waals surface area contributed by atoms with Crippen molar-refractivity contribution >= 4 is 17.8 Å². The highest BCUT2D eigenvalue weighted by molar-refractivity contribution is 5.96. The van der Waals surface area contributed by atoms with Crippen LogP contribution in [0.15, 0.2) is 0 Å². The first kappa shape index (κ1) is 12.8. The summed E-state index contributed by atoms with van der Waals surface area (Å²) in [5.74, 6) is -1.11. The van der Waals surface area contributed by atoms with E-state index in [9.17, 15) is 14.4 Å². The van der Waals surface area contributed by atoms with Crippen molar-refractivity contribution in [3.63, 3.8) is 0 Å². The summed E-state index contributed by atoms with van der Waals surface area (Å²) in [6, 6.07) is -1.28. The first-order valence-electron chi connectivity index (χ1n) is 5.92. The third-order valence-electron chi connectivity index (χ3n) is 3.18. The molecule has 2 fully saturated rings. The number of piperazine rings is 1. The van der Waals surface area contributed by atoms with Crippen molar-refractivity contribution in [2.45, 2.75) is 44.4 Å². The third-order valence-corrected chi connectivity index (χ3v) is 3.18. The number of carbonyl (C=O) groups excluding carboxylic acids is 3. The highest BCUT2D eigenvalue weighted by Crippen LogP contribution is 2.23. The number of carbonyl (C=O) groups is 3. The Bertz CT molecular complexity index is 384. The van der Waals surface area contributed by atoms with Crippen LogP contribution in [0.5, 0.6) is 0 Å². The van der Waals surface area contributed by atoms with Gasteiger partial charge >= 0.3 is 5.97 Å². The van der Waals surface area contributed by atoms with Crippen molar-refractivity contribution in [1.29, 1.82) is 0 Å². The quantitative estimate of drug-likeness (QED) is 0.631. The lowest BCUT2D eigenvalue weighted by atomic mass is 10.0. The van der Waals surface area contributed by atoms with Gasteiger partial charge in [-0.05, 0) is 26.2 Å². The average molecular weight is 256 g/mol. The van der Waals surface area contributed by atoms with E-state index in [1.807, 2.05) is 0 Å². The van der Waals surface area contributed by atoms with Crippen LogP contribution >= 0.6 is 0 Å². The molecule has 0 spiro atoms. The first-order chi connectivity index (χ1) is 8.54. The van der Waals surface area contributed by atoms with Crippen molar-refractivity contribution in [2.24, 2.45) is 0 Å². The van der Waals surface area contributed by atoms with Gasteiger partial charge in [0.1, 0.15) is 12.1 Å². The number of amides is 2. The molecule has 0 aromatic carbocycles. The fraction of sp³-hybridized carbons (Fsp3) is 0.727. The molecule has 100 valence electrons. The molecule has 18 heavy (non-hydrogen) atoms. The number of methoxy groups -OCH3 is 1. The number of hydrogen-bond donors (Lipinski definition) is 1. The second-order valence-corrected chi connectivity index (χ2v) is 4.46. The van der Waals surface area contributed by atoms with Crippen molar-refractivity contribution < 1.29 is 24.0 Å². The zero-order valence-corrected chi connectivity index (χ0v) is 10.3. The summed E-state index contributed by atoms with van der Waals surface area (Å²) >= 11 is 0. The van der Waals surface area contributed by atoms with Gasteiger partial charge < -0.3 is 10.1 Å². The van der Waals surface area contributed by atoms with Crippen LogP contribution in [0.25, 0.3) is 0 Å². The van der Waals surface area contributed by atoms with E-state index in [0.29, 0.717) is 19.3 Å². The number of hydrogen-bond acceptors (Lipinski definition) is 5. The highest BCUT2D eigenvalue weighted by Gasteiger charge is 2.43. The van der Waals surface area contributed by atoms with Crippen molar-refractivity contribution in [2.75, 3.05) is 7.11 Å². The Morgan fingerprint density at radius 1 is 1.44 bits per heavy atom. The Hall–Kier alpha value is -1.63. The maximum atomic E-state index is 11.9. The second-order valence-electron chi connectivity index (χ2n) is 4.46. The molecule has 0 aliphatic carbocycles. The fourth-order valence-corrected chi connectivity index (χ4v) is 2.17. The molecule has 2 amide bonds. The summed E-state index contributed by atoms with van der Waals surface area (Å²) in [6.07, 6.45) is 0.727. The van der Waals surface area contributed by atoms with Crippen LogP contribution in [0.3, 0.4) is 0 Å². The highest BCUT2D eigenvalue weighted by atomic mass is 16.7. The second kappa shape index (κ2) is 4.93. The average Bonchev–Trinajstić information content (AvgIpc) is 2.58. The molecule has 0 radical (unpaired) electrons. The summed E-state index contributed by atoms with van der Waals surface area (Å²) in [6.45, 7) is 1.58. The number of rotatable bonds is 1. The van der Waals surface area contributed by atoms with Crippen LogP contribution in [0.1, 0.15) is 26.2 Å². The van der Waals surface area contributed by atoms with Crippen LogP contribution in [0.2, 0.25) is 0 Å². The van der Waals surface area contributed by atoms with Crippen LogP contribution in [0, 0.1) is 0 Å². The lowest BCUT2D eigenvalue weighted by Crippen LogP contribution is -2.62. The van der Waals surface area contributed by atoms with Crippen molar-refractivity contribution in [3.8, 4) is 0 Å². The van der Waals surface area contributed by atoms with E-state index in [1.54, 1.807) is 6.92 Å². The van der Waals surface area contributed by atoms with E-state index in [0.717, 1.165) is 5.06 Å². The minimum absolute atomic E-state index is 0.243. The molecule has 2 saturated heterocycles. The minimum atomic E-state index is -0.818. The summed E-state index contributed by atoms with van der Waals surface area (Å²) in [7, 11) is 1.27. The molecule has 0 bridgehead atoms. The summed E-state index contributed by atoms with van der Waals surface area (Å²) in [4.78, 5) is 40.6. The molecule has 7 heteroatoms. The standard InChI is InChI=1S/C11H16N2O5/c1-6-10(15)13-7(9(14)12-6)4-3-5-8(18-13)11(16)17-2/h6-8H,3-5H2,1-2H3,(H,12,14)/t6-,7-,8+/m0/s1. The Morgan fingerprint density at radius 2 is 2.17 bits per heavy atom. The van der Waals surface area contributed by atoms with Gasteiger partial charge in [-0.3, -0.25) is 14.4 Å².